The lowest BCUT2D eigenvalue weighted by atomic mass is 10.0. The van der Waals surface area contributed by atoms with Crippen molar-refractivity contribution in [1.29, 1.82) is 0 Å². The van der Waals surface area contributed by atoms with Crippen molar-refractivity contribution >= 4 is 12.4 Å². The molecule has 0 radical (unpaired) electrons. The number of hydrogen-bond acceptors (Lipinski definition) is 4. The quantitative estimate of drug-likeness (QED) is 0.859. The van der Waals surface area contributed by atoms with E-state index in [0.717, 1.165) is 36.7 Å². The SMILES string of the molecule is COc1ccc(OC)c([C@H]2CNCCN2)c1.Cl. The highest BCUT2D eigenvalue weighted by Gasteiger charge is 2.18. The Morgan fingerprint density at radius 1 is 1.18 bits per heavy atom. The predicted molar refractivity (Wildman–Crippen MR) is 70.4 cm³/mol. The lowest BCUT2D eigenvalue weighted by molar-refractivity contribution is 0.375. The molecule has 2 rings (SSSR count). The number of rotatable bonds is 3. The first kappa shape index (κ1) is 14.1. The molecular formula is C12H19ClN2O2. The summed E-state index contributed by atoms with van der Waals surface area (Å²) in [6.45, 7) is 2.91. The highest BCUT2D eigenvalue weighted by Crippen LogP contribution is 2.29. The molecule has 1 aromatic carbocycles. The number of methoxy groups -OCH3 is 2. The second-order valence-electron chi connectivity index (χ2n) is 3.82. The van der Waals surface area contributed by atoms with Crippen molar-refractivity contribution in [2.45, 2.75) is 6.04 Å². The van der Waals surface area contributed by atoms with Gasteiger partial charge in [0.05, 0.1) is 14.2 Å². The van der Waals surface area contributed by atoms with Crippen LogP contribution in [0.5, 0.6) is 11.5 Å². The molecule has 0 amide bonds. The van der Waals surface area contributed by atoms with Crippen molar-refractivity contribution < 1.29 is 9.47 Å². The maximum absolute atomic E-state index is 5.37. The van der Waals surface area contributed by atoms with E-state index in [2.05, 4.69) is 10.6 Å². The van der Waals surface area contributed by atoms with Crippen molar-refractivity contribution in [1.82, 2.24) is 10.6 Å². The summed E-state index contributed by atoms with van der Waals surface area (Å²) in [6, 6.07) is 6.19. The highest BCUT2D eigenvalue weighted by molar-refractivity contribution is 5.85. The maximum Gasteiger partial charge on any atom is 0.123 e. The number of hydrogen-bond donors (Lipinski definition) is 2. The number of halogens is 1. The van der Waals surface area contributed by atoms with Crippen LogP contribution in [-0.4, -0.2) is 33.9 Å². The lowest BCUT2D eigenvalue weighted by Gasteiger charge is -2.26. The van der Waals surface area contributed by atoms with Crippen LogP contribution >= 0.6 is 12.4 Å². The zero-order valence-electron chi connectivity index (χ0n) is 10.2. The van der Waals surface area contributed by atoms with E-state index >= 15 is 0 Å². The maximum atomic E-state index is 5.37. The van der Waals surface area contributed by atoms with Crippen LogP contribution in [0.2, 0.25) is 0 Å². The molecule has 1 aliphatic rings. The fourth-order valence-corrected chi connectivity index (χ4v) is 1.98. The molecular weight excluding hydrogens is 240 g/mol. The summed E-state index contributed by atoms with van der Waals surface area (Å²) >= 11 is 0. The van der Waals surface area contributed by atoms with Crippen molar-refractivity contribution in [2.75, 3.05) is 33.9 Å². The van der Waals surface area contributed by atoms with Gasteiger partial charge in [0.15, 0.2) is 0 Å². The molecule has 0 unspecified atom stereocenters. The van der Waals surface area contributed by atoms with E-state index in [4.69, 9.17) is 9.47 Å². The zero-order valence-corrected chi connectivity index (χ0v) is 11.0. The van der Waals surface area contributed by atoms with Gasteiger partial charge >= 0.3 is 0 Å². The third kappa shape index (κ3) is 3.25. The first-order chi connectivity index (χ1) is 7.85. The molecule has 1 atom stereocenters. The van der Waals surface area contributed by atoms with Gasteiger partial charge in [0, 0.05) is 31.2 Å². The molecule has 0 aliphatic carbocycles. The smallest absolute Gasteiger partial charge is 0.123 e. The summed E-state index contributed by atoms with van der Waals surface area (Å²) in [5.74, 6) is 1.77. The Labute approximate surface area is 108 Å². The number of piperazine rings is 1. The van der Waals surface area contributed by atoms with Crippen molar-refractivity contribution in [2.24, 2.45) is 0 Å². The second kappa shape index (κ2) is 6.69. The summed E-state index contributed by atoms with van der Waals surface area (Å²) in [4.78, 5) is 0. The Balaban J connectivity index is 0.00000144. The summed E-state index contributed by atoms with van der Waals surface area (Å²) in [7, 11) is 3.37. The van der Waals surface area contributed by atoms with E-state index in [9.17, 15) is 0 Å². The van der Waals surface area contributed by atoms with Crippen LogP contribution in [-0.2, 0) is 0 Å². The first-order valence-corrected chi connectivity index (χ1v) is 5.51. The molecule has 1 aliphatic heterocycles. The molecule has 1 saturated heterocycles. The van der Waals surface area contributed by atoms with Crippen LogP contribution in [0.15, 0.2) is 18.2 Å². The number of ether oxygens (including phenoxy) is 2. The van der Waals surface area contributed by atoms with Gasteiger partial charge in [-0.05, 0) is 18.2 Å². The molecule has 0 saturated carbocycles. The van der Waals surface area contributed by atoms with E-state index < -0.39 is 0 Å². The van der Waals surface area contributed by atoms with Gasteiger partial charge in [-0.15, -0.1) is 12.4 Å². The van der Waals surface area contributed by atoms with Crippen LogP contribution in [0.1, 0.15) is 11.6 Å². The van der Waals surface area contributed by atoms with Gasteiger partial charge in [-0.25, -0.2) is 0 Å². The van der Waals surface area contributed by atoms with Crippen LogP contribution in [0.3, 0.4) is 0 Å². The Morgan fingerprint density at radius 3 is 2.59 bits per heavy atom. The molecule has 4 nitrogen and oxygen atoms in total. The van der Waals surface area contributed by atoms with Gasteiger partial charge in [-0.1, -0.05) is 0 Å². The largest absolute Gasteiger partial charge is 0.497 e. The van der Waals surface area contributed by atoms with Crippen LogP contribution < -0.4 is 20.1 Å². The zero-order chi connectivity index (χ0) is 11.4. The van der Waals surface area contributed by atoms with Crippen LogP contribution in [0.4, 0.5) is 0 Å². The molecule has 0 aromatic heterocycles. The molecule has 5 heteroatoms. The third-order valence-electron chi connectivity index (χ3n) is 2.85. The van der Waals surface area contributed by atoms with Gasteiger partial charge in [0.1, 0.15) is 11.5 Å². The van der Waals surface area contributed by atoms with Gasteiger partial charge in [-0.2, -0.15) is 0 Å². The van der Waals surface area contributed by atoms with E-state index in [-0.39, 0.29) is 12.4 Å². The number of nitrogens with one attached hydrogen (secondary N) is 2. The minimum absolute atomic E-state index is 0. The Morgan fingerprint density at radius 2 is 2.00 bits per heavy atom. The van der Waals surface area contributed by atoms with E-state index in [1.807, 2.05) is 18.2 Å². The highest BCUT2D eigenvalue weighted by atomic mass is 35.5. The molecule has 1 heterocycles. The van der Waals surface area contributed by atoms with Crippen molar-refractivity contribution in [3.8, 4) is 11.5 Å². The first-order valence-electron chi connectivity index (χ1n) is 5.51. The Bertz CT molecular complexity index is 354. The third-order valence-corrected chi connectivity index (χ3v) is 2.85. The monoisotopic (exact) mass is 258 g/mol. The fraction of sp³-hybridized carbons (Fsp3) is 0.500. The lowest BCUT2D eigenvalue weighted by Crippen LogP contribution is -2.42. The number of benzene rings is 1. The van der Waals surface area contributed by atoms with Crippen molar-refractivity contribution in [3.63, 3.8) is 0 Å². The standard InChI is InChI=1S/C12H18N2O2.ClH/c1-15-9-3-4-12(16-2)10(7-9)11-8-13-5-6-14-11;/h3-4,7,11,13-14H,5-6,8H2,1-2H3;1H/t11-;/m1./s1. The molecule has 1 aromatic rings. The molecule has 17 heavy (non-hydrogen) atoms. The van der Waals surface area contributed by atoms with E-state index in [1.54, 1.807) is 14.2 Å². The topological polar surface area (TPSA) is 42.5 Å². The Kier molecular flexibility index (Phi) is 5.55. The minimum atomic E-state index is 0. The summed E-state index contributed by atoms with van der Waals surface area (Å²) < 4.78 is 10.6. The summed E-state index contributed by atoms with van der Waals surface area (Å²) in [5, 5.41) is 6.83. The fourth-order valence-electron chi connectivity index (χ4n) is 1.98. The average Bonchev–Trinajstić information content (AvgIpc) is 2.39. The molecule has 1 fully saturated rings. The molecule has 96 valence electrons. The molecule has 2 N–H and O–H groups in total. The van der Waals surface area contributed by atoms with Gasteiger partial charge < -0.3 is 20.1 Å². The summed E-state index contributed by atoms with van der Waals surface area (Å²) in [6.07, 6.45) is 0. The second-order valence-corrected chi connectivity index (χ2v) is 3.82. The normalized spacial score (nSPS) is 19.3. The van der Waals surface area contributed by atoms with Gasteiger partial charge in [0.2, 0.25) is 0 Å². The predicted octanol–water partition coefficient (Wildman–Crippen LogP) is 1.36. The van der Waals surface area contributed by atoms with Crippen molar-refractivity contribution in [3.05, 3.63) is 23.8 Å². The Hall–Kier alpha value is -0.970. The van der Waals surface area contributed by atoms with E-state index in [1.165, 1.54) is 0 Å². The summed E-state index contributed by atoms with van der Waals surface area (Å²) in [5.41, 5.74) is 1.15. The molecule has 0 spiro atoms. The van der Waals surface area contributed by atoms with Gasteiger partial charge in [-0.3, -0.25) is 0 Å². The van der Waals surface area contributed by atoms with Crippen LogP contribution in [0, 0.1) is 0 Å². The average molecular weight is 259 g/mol. The molecule has 0 bridgehead atoms. The van der Waals surface area contributed by atoms with Crippen LogP contribution in [0.25, 0.3) is 0 Å². The van der Waals surface area contributed by atoms with Gasteiger partial charge in [0.25, 0.3) is 0 Å². The minimum Gasteiger partial charge on any atom is -0.497 e. The van der Waals surface area contributed by atoms with E-state index in [0.29, 0.717) is 6.04 Å².